The number of phosphoric acid groups is 2. The lowest BCUT2D eigenvalue weighted by Crippen LogP contribution is -2.20. The Balaban J connectivity index is 4.05. The van der Waals surface area contributed by atoms with E-state index in [4.69, 9.17) is 4.74 Å². The summed E-state index contributed by atoms with van der Waals surface area (Å²) in [5.74, 6) is 0. The summed E-state index contributed by atoms with van der Waals surface area (Å²) in [6.45, 7) is 11.2. The monoisotopic (exact) mass is 423 g/mol. The number of rotatable bonds is 14. The van der Waals surface area contributed by atoms with Crippen molar-refractivity contribution in [2.75, 3.05) is 13.2 Å². The number of allylic oxidation sites excluding steroid dienone is 4. The molecule has 0 fully saturated rings. The molecule has 0 aromatic heterocycles. The summed E-state index contributed by atoms with van der Waals surface area (Å²) in [5.41, 5.74) is 2.89. The molecule has 10 heteroatoms. The minimum absolute atomic E-state index is 0.0385. The van der Waals surface area contributed by atoms with Crippen LogP contribution in [0, 0.1) is 0 Å². The highest BCUT2D eigenvalue weighted by Crippen LogP contribution is 2.50. The predicted molar refractivity (Wildman–Crippen MR) is 98.5 cm³/mol. The van der Waals surface area contributed by atoms with Gasteiger partial charge in [0.05, 0.1) is 27.1 Å². The highest BCUT2D eigenvalue weighted by Gasteiger charge is 2.13. The molecule has 0 aliphatic carbocycles. The van der Waals surface area contributed by atoms with Crippen LogP contribution >= 0.6 is 15.6 Å². The summed E-state index contributed by atoms with van der Waals surface area (Å²) in [6.07, 6.45) is 7.98. The molecule has 0 radical (unpaired) electrons. The summed E-state index contributed by atoms with van der Waals surface area (Å²) in [6, 6.07) is 0. The highest BCUT2D eigenvalue weighted by molar-refractivity contribution is 7.58. The molecule has 0 saturated heterocycles. The first kappa shape index (κ1) is 26.4. The molecule has 0 aromatic rings. The van der Waals surface area contributed by atoms with Gasteiger partial charge in [0.15, 0.2) is 0 Å². The molecule has 2 unspecified atom stereocenters. The van der Waals surface area contributed by atoms with Crippen molar-refractivity contribution in [3.8, 4) is 0 Å². The van der Waals surface area contributed by atoms with E-state index in [1.165, 1.54) is 11.1 Å². The first-order chi connectivity index (χ1) is 12.3. The number of ether oxygens (including phenoxy) is 1. The molecule has 8 nitrogen and oxygen atoms in total. The first-order valence-corrected chi connectivity index (χ1v) is 11.5. The molecule has 158 valence electrons. The summed E-state index contributed by atoms with van der Waals surface area (Å²) in [5, 5.41) is 0. The first-order valence-electron chi connectivity index (χ1n) is 8.57. The third-order valence-corrected chi connectivity index (χ3v) is 5.40. The Morgan fingerprint density at radius 1 is 1.07 bits per heavy atom. The lowest BCUT2D eigenvalue weighted by atomic mass is 10.1. The average Bonchev–Trinajstić information content (AvgIpc) is 2.48. The van der Waals surface area contributed by atoms with E-state index < -0.39 is 22.3 Å². The summed E-state index contributed by atoms with van der Waals surface area (Å²) < 4.78 is 34.6. The summed E-state index contributed by atoms with van der Waals surface area (Å²) in [4.78, 5) is 31.7. The van der Waals surface area contributed by atoms with Gasteiger partial charge in [0, 0.05) is 0 Å². The molecule has 0 aromatic carbocycles. The van der Waals surface area contributed by atoms with Gasteiger partial charge in [-0.3, -0.25) is 8.88 Å². The molecule has 0 heterocycles. The Morgan fingerprint density at radius 3 is 2.26 bits per heavy atom. The van der Waals surface area contributed by atoms with E-state index in [0.717, 1.165) is 25.7 Å². The van der Waals surface area contributed by atoms with Crippen molar-refractivity contribution in [3.05, 3.63) is 35.5 Å². The van der Waals surface area contributed by atoms with E-state index in [1.54, 1.807) is 0 Å². The third kappa shape index (κ3) is 17.3. The Hall–Kier alpha value is -0.560. The van der Waals surface area contributed by atoms with Gasteiger partial charge in [0.2, 0.25) is 0 Å². The molecule has 0 amide bonds. The van der Waals surface area contributed by atoms with Crippen LogP contribution < -0.4 is 14.7 Å². The van der Waals surface area contributed by atoms with Crippen LogP contribution in [-0.4, -0.2) is 19.3 Å². The Morgan fingerprint density at radius 2 is 1.70 bits per heavy atom. The van der Waals surface area contributed by atoms with Crippen LogP contribution in [0.4, 0.5) is 0 Å². The number of hydrogen-bond acceptors (Lipinski definition) is 8. The van der Waals surface area contributed by atoms with Crippen molar-refractivity contribution in [2.45, 2.75) is 59.5 Å². The van der Waals surface area contributed by atoms with E-state index in [2.05, 4.69) is 48.3 Å². The van der Waals surface area contributed by atoms with Crippen molar-refractivity contribution in [1.82, 2.24) is 0 Å². The Bertz CT molecular complexity index is 616. The van der Waals surface area contributed by atoms with Crippen LogP contribution in [0.2, 0.25) is 0 Å². The van der Waals surface area contributed by atoms with Crippen LogP contribution in [-0.2, 0) is 22.7 Å². The smallest absolute Gasteiger partial charge is 0.272 e. The van der Waals surface area contributed by atoms with Crippen LogP contribution in [0.25, 0.3) is 0 Å². The molecular weight excluding hydrogens is 394 g/mol. The molecule has 0 saturated carbocycles. The minimum atomic E-state index is -5.68. The maximum absolute atomic E-state index is 11.1. The lowest BCUT2D eigenvalue weighted by molar-refractivity contribution is -0.339. The zero-order valence-electron chi connectivity index (χ0n) is 16.3. The summed E-state index contributed by atoms with van der Waals surface area (Å²) in [7, 11) is -10.9. The van der Waals surface area contributed by atoms with Crippen molar-refractivity contribution in [3.63, 3.8) is 0 Å². The van der Waals surface area contributed by atoms with Crippen LogP contribution in [0.5, 0.6) is 0 Å². The van der Waals surface area contributed by atoms with Gasteiger partial charge in [0.1, 0.15) is 0 Å². The summed E-state index contributed by atoms with van der Waals surface area (Å²) >= 11 is 0. The Kier molecular flexibility index (Phi) is 12.5. The second-order valence-electron chi connectivity index (χ2n) is 6.57. The van der Waals surface area contributed by atoms with E-state index >= 15 is 0 Å². The van der Waals surface area contributed by atoms with Gasteiger partial charge in [0.25, 0.3) is 7.82 Å². The third-order valence-electron chi connectivity index (χ3n) is 3.36. The number of phosphoric ester groups is 1. The largest absolute Gasteiger partial charge is 0.790 e. The lowest BCUT2D eigenvalue weighted by Gasteiger charge is -2.35. The fraction of sp³-hybridized carbons (Fsp3) is 0.647. The van der Waals surface area contributed by atoms with Gasteiger partial charge in [-0.05, 0) is 59.0 Å². The molecular formula is C17H29O8P2-3. The normalized spacial score (nSPS) is 15.9. The molecule has 0 aliphatic heterocycles. The second-order valence-corrected chi connectivity index (χ2v) is 9.27. The second kappa shape index (κ2) is 12.8. The van der Waals surface area contributed by atoms with Crippen molar-refractivity contribution in [2.24, 2.45) is 0 Å². The van der Waals surface area contributed by atoms with Crippen LogP contribution in [0.1, 0.15) is 53.4 Å². The van der Waals surface area contributed by atoms with E-state index in [-0.39, 0.29) is 18.3 Å². The van der Waals surface area contributed by atoms with Gasteiger partial charge < -0.3 is 28.5 Å². The molecule has 2 atom stereocenters. The van der Waals surface area contributed by atoms with Gasteiger partial charge >= 0.3 is 0 Å². The molecule has 27 heavy (non-hydrogen) atoms. The zero-order chi connectivity index (χ0) is 21.1. The Labute approximate surface area is 161 Å². The van der Waals surface area contributed by atoms with Gasteiger partial charge in [-0.2, -0.15) is 0 Å². The highest BCUT2D eigenvalue weighted by atomic mass is 31.3. The molecule has 0 aliphatic rings. The maximum Gasteiger partial charge on any atom is 0.272 e. The van der Waals surface area contributed by atoms with Crippen molar-refractivity contribution in [1.29, 1.82) is 0 Å². The standard InChI is InChI=1S/C17H32O8P2/c1-14(2)8-6-9-15(3)10-7-11-17(5)23-12-16(4)13-24-27(21,22)25-26(18,19)20/h8,10,17H,4,6-7,9,11-13H2,1-3,5H3,(H,21,22)(H2,18,19,20)/p-3/b15-10+. The number of hydrogen-bond donors (Lipinski definition) is 0. The topological polar surface area (TPSA) is 131 Å². The van der Waals surface area contributed by atoms with E-state index in [9.17, 15) is 23.8 Å². The van der Waals surface area contributed by atoms with Crippen LogP contribution in [0.3, 0.4) is 0 Å². The zero-order valence-corrected chi connectivity index (χ0v) is 18.1. The van der Waals surface area contributed by atoms with Gasteiger partial charge in [-0.1, -0.05) is 29.9 Å². The fourth-order valence-electron chi connectivity index (χ4n) is 1.96. The molecule has 0 N–H and O–H groups in total. The van der Waals surface area contributed by atoms with E-state index in [0.29, 0.717) is 0 Å². The molecule has 0 spiro atoms. The fourth-order valence-corrected chi connectivity index (χ4v) is 3.47. The SMILES string of the molecule is C=C(COC(C)CC/C=C(\C)CCC=C(C)C)COP(=O)([O-])OP(=O)([O-])[O-]. The predicted octanol–water partition coefficient (Wildman–Crippen LogP) is 2.75. The van der Waals surface area contributed by atoms with E-state index in [1.807, 2.05) is 6.92 Å². The van der Waals surface area contributed by atoms with Crippen LogP contribution in [0.15, 0.2) is 35.5 Å². The maximum atomic E-state index is 11.1. The minimum Gasteiger partial charge on any atom is -0.790 e. The molecule has 0 bridgehead atoms. The van der Waals surface area contributed by atoms with Gasteiger partial charge in [-0.25, -0.2) is 0 Å². The van der Waals surface area contributed by atoms with Crippen molar-refractivity contribution < 1.29 is 37.4 Å². The van der Waals surface area contributed by atoms with Crippen molar-refractivity contribution >= 4 is 15.6 Å². The van der Waals surface area contributed by atoms with Gasteiger partial charge in [-0.15, -0.1) is 0 Å². The quantitative estimate of drug-likeness (QED) is 0.308. The average molecular weight is 423 g/mol. The molecule has 0 rings (SSSR count).